The Kier molecular flexibility index (Phi) is 4.58. The molecule has 0 rings (SSSR count). The van der Waals surface area contributed by atoms with Gasteiger partial charge in [0.25, 0.3) is 0 Å². The van der Waals surface area contributed by atoms with Gasteiger partial charge in [-0.25, -0.2) is 0 Å². The Hall–Kier alpha value is -0.830. The summed E-state index contributed by atoms with van der Waals surface area (Å²) in [5.74, 6) is 0. The number of nitrogens with zero attached hydrogens (tertiary/aromatic N) is 2. The maximum absolute atomic E-state index is 4.87. The van der Waals surface area contributed by atoms with Gasteiger partial charge in [-0.05, 0) is 6.08 Å². The minimum atomic E-state index is 0.516. The molecule has 0 amide bonds. The fourth-order valence-electron chi connectivity index (χ4n) is 0.533. The Morgan fingerprint density at radius 3 is 2.60 bits per heavy atom. The van der Waals surface area contributed by atoms with Crippen molar-refractivity contribution in [2.75, 3.05) is 27.8 Å². The standard InChI is InChI=1S/C7H14N2O/c1-5-7(6-10-4)8-9(2)3/h5H,1,6H2,2-4H3/b8-7+. The molecule has 0 aliphatic carbocycles. The van der Waals surface area contributed by atoms with Crippen LogP contribution < -0.4 is 0 Å². The second kappa shape index (κ2) is 4.99. The number of methoxy groups -OCH3 is 1. The summed E-state index contributed by atoms with van der Waals surface area (Å²) in [6, 6.07) is 0. The molecule has 0 bridgehead atoms. The van der Waals surface area contributed by atoms with E-state index < -0.39 is 0 Å². The average molecular weight is 142 g/mol. The third kappa shape index (κ3) is 4.09. The van der Waals surface area contributed by atoms with Crippen molar-refractivity contribution in [2.45, 2.75) is 0 Å². The molecule has 10 heavy (non-hydrogen) atoms. The molecule has 0 radical (unpaired) electrons. The van der Waals surface area contributed by atoms with Crippen LogP contribution in [0.25, 0.3) is 0 Å². The van der Waals surface area contributed by atoms with Crippen LogP contribution in [0.2, 0.25) is 0 Å². The van der Waals surface area contributed by atoms with Gasteiger partial charge < -0.3 is 9.75 Å². The average Bonchev–Trinajstić information content (AvgIpc) is 1.86. The minimum absolute atomic E-state index is 0.516. The van der Waals surface area contributed by atoms with Gasteiger partial charge in [0.15, 0.2) is 0 Å². The number of rotatable bonds is 4. The van der Waals surface area contributed by atoms with E-state index in [1.165, 1.54) is 0 Å². The smallest absolute Gasteiger partial charge is 0.0901 e. The molecule has 0 fully saturated rings. The molecule has 0 atom stereocenters. The Labute approximate surface area is 62.0 Å². The normalized spacial score (nSPS) is 11.3. The Morgan fingerprint density at radius 2 is 2.30 bits per heavy atom. The number of hydrogen-bond acceptors (Lipinski definition) is 3. The summed E-state index contributed by atoms with van der Waals surface area (Å²) >= 11 is 0. The maximum atomic E-state index is 4.87. The van der Waals surface area contributed by atoms with Crippen LogP contribution in [0.15, 0.2) is 17.8 Å². The van der Waals surface area contributed by atoms with Crippen LogP contribution in [0.4, 0.5) is 0 Å². The Balaban J connectivity index is 3.90. The van der Waals surface area contributed by atoms with Gasteiger partial charge in [-0.3, -0.25) is 0 Å². The molecule has 0 spiro atoms. The molecule has 0 aliphatic rings. The largest absolute Gasteiger partial charge is 0.378 e. The summed E-state index contributed by atoms with van der Waals surface area (Å²) in [5, 5.41) is 5.81. The lowest BCUT2D eigenvalue weighted by Gasteiger charge is -2.06. The van der Waals surface area contributed by atoms with Gasteiger partial charge in [0.05, 0.1) is 12.3 Å². The molecule has 0 aromatic carbocycles. The number of hydrogen-bond donors (Lipinski definition) is 0. The van der Waals surface area contributed by atoms with Gasteiger partial charge in [0.1, 0.15) is 0 Å². The van der Waals surface area contributed by atoms with Gasteiger partial charge in [0.2, 0.25) is 0 Å². The van der Waals surface area contributed by atoms with E-state index in [1.807, 2.05) is 14.1 Å². The molecule has 3 heteroatoms. The van der Waals surface area contributed by atoms with Gasteiger partial charge in [-0.1, -0.05) is 6.58 Å². The summed E-state index contributed by atoms with van der Waals surface area (Å²) < 4.78 is 4.87. The van der Waals surface area contributed by atoms with Crippen LogP contribution in [0.5, 0.6) is 0 Å². The highest BCUT2D eigenvalue weighted by Gasteiger charge is 1.91. The first kappa shape index (κ1) is 9.17. The van der Waals surface area contributed by atoms with E-state index in [4.69, 9.17) is 4.74 Å². The highest BCUT2D eigenvalue weighted by atomic mass is 16.5. The maximum Gasteiger partial charge on any atom is 0.0901 e. The predicted molar refractivity (Wildman–Crippen MR) is 43.2 cm³/mol. The summed E-state index contributed by atoms with van der Waals surface area (Å²) in [4.78, 5) is 0. The molecule has 58 valence electrons. The van der Waals surface area contributed by atoms with Crippen LogP contribution in [0, 0.1) is 0 Å². The van der Waals surface area contributed by atoms with Crippen LogP contribution in [-0.2, 0) is 4.74 Å². The zero-order valence-corrected chi connectivity index (χ0v) is 6.79. The van der Waals surface area contributed by atoms with Crippen molar-refractivity contribution in [1.29, 1.82) is 0 Å². The van der Waals surface area contributed by atoms with E-state index in [0.717, 1.165) is 5.71 Å². The fraction of sp³-hybridized carbons (Fsp3) is 0.571. The third-order valence-corrected chi connectivity index (χ3v) is 0.856. The van der Waals surface area contributed by atoms with Crippen LogP contribution in [0.1, 0.15) is 0 Å². The molecule has 0 saturated heterocycles. The van der Waals surface area contributed by atoms with E-state index in [2.05, 4.69) is 11.7 Å². The zero-order chi connectivity index (χ0) is 7.98. The molecule has 0 saturated carbocycles. The first-order valence-electron chi connectivity index (χ1n) is 3.07. The summed E-state index contributed by atoms with van der Waals surface area (Å²) in [6.45, 7) is 4.11. The van der Waals surface area contributed by atoms with Crippen LogP contribution >= 0.6 is 0 Å². The molecule has 0 N–H and O–H groups in total. The lowest BCUT2D eigenvalue weighted by Crippen LogP contribution is -2.11. The molecule has 0 aromatic rings. The van der Waals surface area contributed by atoms with Gasteiger partial charge >= 0.3 is 0 Å². The zero-order valence-electron chi connectivity index (χ0n) is 6.79. The third-order valence-electron chi connectivity index (χ3n) is 0.856. The lowest BCUT2D eigenvalue weighted by atomic mass is 10.4. The van der Waals surface area contributed by atoms with E-state index >= 15 is 0 Å². The number of hydrazone groups is 1. The summed E-state index contributed by atoms with van der Waals surface area (Å²) in [7, 11) is 5.35. The SMILES string of the molecule is C=C/C(COC)=N\N(C)C. The van der Waals surface area contributed by atoms with Crippen molar-refractivity contribution in [1.82, 2.24) is 5.01 Å². The summed E-state index contributed by atoms with van der Waals surface area (Å²) in [5.41, 5.74) is 0.840. The van der Waals surface area contributed by atoms with E-state index in [1.54, 1.807) is 18.2 Å². The highest BCUT2D eigenvalue weighted by Crippen LogP contribution is 1.84. The van der Waals surface area contributed by atoms with Crippen LogP contribution in [0.3, 0.4) is 0 Å². The van der Waals surface area contributed by atoms with Crippen molar-refractivity contribution in [3.63, 3.8) is 0 Å². The first-order valence-corrected chi connectivity index (χ1v) is 3.07. The van der Waals surface area contributed by atoms with Crippen molar-refractivity contribution in [3.05, 3.63) is 12.7 Å². The Morgan fingerprint density at radius 1 is 1.70 bits per heavy atom. The Bertz CT molecular complexity index is 130. The fourth-order valence-corrected chi connectivity index (χ4v) is 0.533. The molecule has 3 nitrogen and oxygen atoms in total. The second-order valence-electron chi connectivity index (χ2n) is 2.08. The molecule has 0 unspecified atom stereocenters. The topological polar surface area (TPSA) is 24.8 Å². The number of ether oxygens (including phenoxy) is 1. The van der Waals surface area contributed by atoms with Crippen molar-refractivity contribution in [2.24, 2.45) is 5.10 Å². The van der Waals surface area contributed by atoms with Crippen LogP contribution in [-0.4, -0.2) is 38.5 Å². The van der Waals surface area contributed by atoms with Crippen molar-refractivity contribution < 1.29 is 4.74 Å². The predicted octanol–water partition coefficient (Wildman–Crippen LogP) is 0.736. The summed E-state index contributed by atoms with van der Waals surface area (Å²) in [6.07, 6.45) is 1.68. The van der Waals surface area contributed by atoms with E-state index in [0.29, 0.717) is 6.61 Å². The molecule has 0 heterocycles. The van der Waals surface area contributed by atoms with Crippen molar-refractivity contribution >= 4 is 5.71 Å². The van der Waals surface area contributed by atoms with Gasteiger partial charge in [-0.15, -0.1) is 0 Å². The van der Waals surface area contributed by atoms with E-state index in [-0.39, 0.29) is 0 Å². The second-order valence-corrected chi connectivity index (χ2v) is 2.08. The molecular weight excluding hydrogens is 128 g/mol. The van der Waals surface area contributed by atoms with Gasteiger partial charge in [-0.2, -0.15) is 5.10 Å². The van der Waals surface area contributed by atoms with Crippen molar-refractivity contribution in [3.8, 4) is 0 Å². The quantitative estimate of drug-likeness (QED) is 0.427. The molecular formula is C7H14N2O. The van der Waals surface area contributed by atoms with E-state index in [9.17, 15) is 0 Å². The molecule has 0 aromatic heterocycles. The van der Waals surface area contributed by atoms with Gasteiger partial charge in [0, 0.05) is 21.2 Å². The molecule has 0 aliphatic heterocycles. The monoisotopic (exact) mass is 142 g/mol. The highest BCUT2D eigenvalue weighted by molar-refractivity contribution is 5.95. The first-order chi connectivity index (χ1) is 4.70. The lowest BCUT2D eigenvalue weighted by molar-refractivity contribution is 0.243. The minimum Gasteiger partial charge on any atom is -0.378 e.